The Labute approximate surface area is 105 Å². The standard InChI is InChI=1S/C11H19N3S2/c1-11(2)5-4-7(6-11)13-10-8(15-3)9(12)14-16-10/h7,13H,4-6H2,1-3H3,(H2,12,14). The van der Waals surface area contributed by atoms with Gasteiger partial charge in [0.25, 0.3) is 0 Å². The van der Waals surface area contributed by atoms with Crippen LogP contribution in [0.25, 0.3) is 0 Å². The lowest BCUT2D eigenvalue weighted by Gasteiger charge is -2.18. The number of rotatable bonds is 3. The summed E-state index contributed by atoms with van der Waals surface area (Å²) in [4.78, 5) is 1.11. The summed E-state index contributed by atoms with van der Waals surface area (Å²) < 4.78 is 4.20. The van der Waals surface area contributed by atoms with Crippen LogP contribution in [0.5, 0.6) is 0 Å². The zero-order valence-electron chi connectivity index (χ0n) is 10.0. The van der Waals surface area contributed by atoms with Crippen molar-refractivity contribution in [1.29, 1.82) is 0 Å². The Morgan fingerprint density at radius 3 is 2.88 bits per heavy atom. The highest BCUT2D eigenvalue weighted by Crippen LogP contribution is 2.41. The van der Waals surface area contributed by atoms with E-state index in [4.69, 9.17) is 5.73 Å². The molecular weight excluding hydrogens is 238 g/mol. The van der Waals surface area contributed by atoms with Gasteiger partial charge in [0, 0.05) is 6.04 Å². The van der Waals surface area contributed by atoms with Crippen LogP contribution in [-0.2, 0) is 0 Å². The summed E-state index contributed by atoms with van der Waals surface area (Å²) in [5.74, 6) is 0.664. The molecule has 1 unspecified atom stereocenters. The van der Waals surface area contributed by atoms with Gasteiger partial charge in [-0.1, -0.05) is 13.8 Å². The van der Waals surface area contributed by atoms with E-state index in [0.29, 0.717) is 17.3 Å². The van der Waals surface area contributed by atoms with Gasteiger partial charge < -0.3 is 11.1 Å². The Bertz CT molecular complexity index is 373. The third kappa shape index (κ3) is 2.46. The molecule has 1 aliphatic rings. The van der Waals surface area contributed by atoms with Crippen LogP contribution in [0.2, 0.25) is 0 Å². The first-order valence-corrected chi connectivity index (χ1v) is 7.57. The average Bonchev–Trinajstić information content (AvgIpc) is 2.71. The summed E-state index contributed by atoms with van der Waals surface area (Å²) in [7, 11) is 0. The van der Waals surface area contributed by atoms with E-state index in [9.17, 15) is 0 Å². The maximum Gasteiger partial charge on any atom is 0.153 e. The number of aromatic nitrogens is 1. The van der Waals surface area contributed by atoms with E-state index in [1.54, 1.807) is 11.8 Å². The minimum Gasteiger partial charge on any atom is -0.382 e. The van der Waals surface area contributed by atoms with E-state index in [2.05, 4.69) is 23.5 Å². The average molecular weight is 257 g/mol. The van der Waals surface area contributed by atoms with Gasteiger partial charge in [0.15, 0.2) is 5.82 Å². The molecule has 1 heterocycles. The van der Waals surface area contributed by atoms with Gasteiger partial charge in [0.1, 0.15) is 5.00 Å². The molecule has 1 saturated carbocycles. The van der Waals surface area contributed by atoms with Gasteiger partial charge in [-0.15, -0.1) is 11.8 Å². The SMILES string of the molecule is CSc1c(N)nsc1NC1CCC(C)(C)C1. The van der Waals surface area contributed by atoms with Crippen LogP contribution in [0.1, 0.15) is 33.1 Å². The summed E-state index contributed by atoms with van der Waals surface area (Å²) in [5.41, 5.74) is 6.30. The van der Waals surface area contributed by atoms with E-state index < -0.39 is 0 Å². The Kier molecular flexibility index (Phi) is 3.35. The molecule has 3 nitrogen and oxygen atoms in total. The molecule has 1 aromatic rings. The van der Waals surface area contributed by atoms with E-state index in [1.807, 2.05) is 6.26 Å². The molecule has 2 rings (SSSR count). The molecule has 0 spiro atoms. The topological polar surface area (TPSA) is 50.9 Å². The molecule has 0 radical (unpaired) electrons. The zero-order valence-corrected chi connectivity index (χ0v) is 11.7. The van der Waals surface area contributed by atoms with Gasteiger partial charge in [-0.05, 0) is 42.5 Å². The summed E-state index contributed by atoms with van der Waals surface area (Å²) >= 11 is 3.15. The Balaban J connectivity index is 2.05. The molecular formula is C11H19N3S2. The summed E-state index contributed by atoms with van der Waals surface area (Å²) in [6.07, 6.45) is 5.83. The molecule has 0 saturated heterocycles. The minimum atomic E-state index is 0.480. The molecule has 0 bridgehead atoms. The largest absolute Gasteiger partial charge is 0.382 e. The fraction of sp³-hybridized carbons (Fsp3) is 0.727. The predicted octanol–water partition coefficient (Wildman–Crippen LogP) is 3.44. The van der Waals surface area contributed by atoms with Crippen molar-refractivity contribution < 1.29 is 0 Å². The molecule has 90 valence electrons. The molecule has 3 N–H and O–H groups in total. The van der Waals surface area contributed by atoms with Gasteiger partial charge in [-0.3, -0.25) is 0 Å². The van der Waals surface area contributed by atoms with Crippen LogP contribution in [0.4, 0.5) is 10.8 Å². The second kappa shape index (κ2) is 4.45. The lowest BCUT2D eigenvalue weighted by molar-refractivity contribution is 0.378. The monoisotopic (exact) mass is 257 g/mol. The lowest BCUT2D eigenvalue weighted by atomic mass is 9.92. The zero-order chi connectivity index (χ0) is 11.8. The number of nitrogens with two attached hydrogens (primary N) is 1. The van der Waals surface area contributed by atoms with Gasteiger partial charge >= 0.3 is 0 Å². The second-order valence-electron chi connectivity index (χ2n) is 5.18. The Hall–Kier alpha value is -0.420. The van der Waals surface area contributed by atoms with Crippen LogP contribution in [0.3, 0.4) is 0 Å². The number of hydrogen-bond donors (Lipinski definition) is 2. The van der Waals surface area contributed by atoms with Crippen LogP contribution < -0.4 is 11.1 Å². The van der Waals surface area contributed by atoms with Crippen molar-refractivity contribution in [1.82, 2.24) is 4.37 Å². The highest BCUT2D eigenvalue weighted by atomic mass is 32.2. The number of hydrogen-bond acceptors (Lipinski definition) is 5. The maximum atomic E-state index is 5.82. The van der Waals surface area contributed by atoms with Crippen molar-refractivity contribution in [2.45, 2.75) is 44.0 Å². The van der Waals surface area contributed by atoms with E-state index in [-0.39, 0.29) is 0 Å². The van der Waals surface area contributed by atoms with Crippen molar-refractivity contribution in [2.24, 2.45) is 5.41 Å². The fourth-order valence-corrected chi connectivity index (χ4v) is 3.93. The highest BCUT2D eigenvalue weighted by Gasteiger charge is 2.31. The van der Waals surface area contributed by atoms with E-state index in [0.717, 1.165) is 9.90 Å². The molecule has 1 aliphatic carbocycles. The highest BCUT2D eigenvalue weighted by molar-refractivity contribution is 7.99. The minimum absolute atomic E-state index is 0.480. The maximum absolute atomic E-state index is 5.82. The fourth-order valence-electron chi connectivity index (χ4n) is 2.33. The molecule has 0 aromatic carbocycles. The van der Waals surface area contributed by atoms with Gasteiger partial charge in [-0.2, -0.15) is 4.37 Å². The van der Waals surface area contributed by atoms with Crippen LogP contribution in [-0.4, -0.2) is 16.7 Å². The third-order valence-electron chi connectivity index (χ3n) is 3.18. The van der Waals surface area contributed by atoms with Gasteiger partial charge in [-0.25, -0.2) is 0 Å². The first-order chi connectivity index (χ1) is 7.52. The first kappa shape index (κ1) is 12.0. The number of nitrogens with zero attached hydrogens (tertiary/aromatic N) is 1. The van der Waals surface area contributed by atoms with Crippen molar-refractivity contribution in [2.75, 3.05) is 17.3 Å². The quantitative estimate of drug-likeness (QED) is 0.814. The number of anilines is 2. The number of thioether (sulfide) groups is 1. The molecule has 1 aromatic heterocycles. The van der Waals surface area contributed by atoms with Gasteiger partial charge in [0.2, 0.25) is 0 Å². The lowest BCUT2D eigenvalue weighted by Crippen LogP contribution is -2.17. The van der Waals surface area contributed by atoms with E-state index >= 15 is 0 Å². The molecule has 0 aliphatic heterocycles. The van der Waals surface area contributed by atoms with E-state index in [1.165, 1.54) is 30.8 Å². The van der Waals surface area contributed by atoms with Crippen LogP contribution >= 0.6 is 23.3 Å². The normalized spacial score (nSPS) is 23.6. The second-order valence-corrected chi connectivity index (χ2v) is 6.77. The molecule has 0 amide bonds. The van der Waals surface area contributed by atoms with Crippen molar-refractivity contribution in [3.8, 4) is 0 Å². The molecule has 1 fully saturated rings. The summed E-state index contributed by atoms with van der Waals surface area (Å²) in [6.45, 7) is 4.68. The van der Waals surface area contributed by atoms with Crippen molar-refractivity contribution in [3.05, 3.63) is 0 Å². The number of nitrogens with one attached hydrogen (secondary N) is 1. The smallest absolute Gasteiger partial charge is 0.153 e. The molecule has 1 atom stereocenters. The number of nitrogen functional groups attached to an aromatic ring is 1. The summed E-state index contributed by atoms with van der Waals surface area (Å²) in [6, 6.07) is 0.584. The van der Waals surface area contributed by atoms with Crippen molar-refractivity contribution in [3.63, 3.8) is 0 Å². The van der Waals surface area contributed by atoms with Crippen LogP contribution in [0.15, 0.2) is 4.90 Å². The van der Waals surface area contributed by atoms with Gasteiger partial charge in [0.05, 0.1) is 4.90 Å². The first-order valence-electron chi connectivity index (χ1n) is 5.57. The third-order valence-corrected chi connectivity index (χ3v) is 4.93. The Morgan fingerprint density at radius 2 is 2.31 bits per heavy atom. The molecule has 16 heavy (non-hydrogen) atoms. The molecule has 5 heteroatoms. The Morgan fingerprint density at radius 1 is 1.56 bits per heavy atom. The summed E-state index contributed by atoms with van der Waals surface area (Å²) in [5, 5.41) is 4.74. The van der Waals surface area contributed by atoms with Crippen LogP contribution in [0, 0.1) is 5.41 Å². The van der Waals surface area contributed by atoms with Crippen molar-refractivity contribution >= 4 is 34.1 Å². The predicted molar refractivity (Wildman–Crippen MR) is 73.4 cm³/mol.